The Kier molecular flexibility index (Phi) is 3.95. The summed E-state index contributed by atoms with van der Waals surface area (Å²) in [4.78, 5) is -0.792. The third kappa shape index (κ3) is 3.02. The summed E-state index contributed by atoms with van der Waals surface area (Å²) in [7, 11) is -3.72. The molecule has 0 atom stereocenters. The maximum atomic E-state index is 12.6. The fraction of sp³-hybridized carbons (Fsp3) is 0.250. The highest BCUT2D eigenvalue weighted by molar-refractivity contribution is 7.92. The normalized spacial score (nSPS) is 12.4. The lowest BCUT2D eigenvalue weighted by Crippen LogP contribution is -2.24. The first-order valence-corrected chi connectivity index (χ1v) is 7.33. The molecule has 2 rings (SSSR count). The second kappa shape index (κ2) is 5.40. The van der Waals surface area contributed by atoms with Gasteiger partial charge in [0.05, 0.1) is 22.8 Å². The van der Waals surface area contributed by atoms with Crippen LogP contribution in [0.4, 0.5) is 18.9 Å². The number of nitrogens with zero attached hydrogens (tertiary/aromatic N) is 2. The van der Waals surface area contributed by atoms with Crippen LogP contribution in [-0.2, 0) is 23.4 Å². The fourth-order valence-corrected chi connectivity index (χ4v) is 2.67. The molecule has 0 saturated carbocycles. The van der Waals surface area contributed by atoms with Crippen molar-refractivity contribution in [3.63, 3.8) is 0 Å². The standard InChI is InChI=1S/C12H12F3N3O2S/c1-18-9(6-7-17-18)8-16-10-4-2-3-5-11(10)21(19,20)12(13,14)15/h2-7,16H,8H2,1H3. The maximum Gasteiger partial charge on any atom is 0.501 e. The number of sulfone groups is 1. The summed E-state index contributed by atoms with van der Waals surface area (Å²) in [6.45, 7) is 0.154. The Bertz CT molecular complexity index is 738. The summed E-state index contributed by atoms with van der Waals surface area (Å²) >= 11 is 0. The number of hydrogen-bond donors (Lipinski definition) is 1. The van der Waals surface area contributed by atoms with Gasteiger partial charge in [-0.25, -0.2) is 8.42 Å². The molecule has 0 spiro atoms. The van der Waals surface area contributed by atoms with Crippen LogP contribution >= 0.6 is 0 Å². The zero-order valence-corrected chi connectivity index (χ0v) is 11.7. The number of aromatic nitrogens is 2. The van der Waals surface area contributed by atoms with Crippen LogP contribution in [0.2, 0.25) is 0 Å². The lowest BCUT2D eigenvalue weighted by Gasteiger charge is -2.14. The molecule has 1 heterocycles. The number of nitrogens with one attached hydrogen (secondary N) is 1. The van der Waals surface area contributed by atoms with Crippen molar-refractivity contribution in [2.24, 2.45) is 7.05 Å². The van der Waals surface area contributed by atoms with Crippen molar-refractivity contribution >= 4 is 15.5 Å². The second-order valence-corrected chi connectivity index (χ2v) is 6.15. The first-order chi connectivity index (χ1) is 9.73. The van der Waals surface area contributed by atoms with Gasteiger partial charge in [0.1, 0.15) is 0 Å². The van der Waals surface area contributed by atoms with Crippen molar-refractivity contribution in [3.8, 4) is 0 Å². The topological polar surface area (TPSA) is 64.0 Å². The van der Waals surface area contributed by atoms with Gasteiger partial charge in [0.25, 0.3) is 9.84 Å². The maximum absolute atomic E-state index is 12.6. The van der Waals surface area contributed by atoms with E-state index >= 15 is 0 Å². The Morgan fingerprint density at radius 2 is 1.90 bits per heavy atom. The molecule has 9 heteroatoms. The molecule has 1 aromatic carbocycles. The Morgan fingerprint density at radius 1 is 1.24 bits per heavy atom. The predicted octanol–water partition coefficient (Wildman–Crippen LogP) is 2.33. The summed E-state index contributed by atoms with van der Waals surface area (Å²) in [6, 6.07) is 6.59. The van der Waals surface area contributed by atoms with Gasteiger partial charge in [-0.3, -0.25) is 4.68 Å². The number of alkyl halides is 3. The van der Waals surface area contributed by atoms with Crippen LogP contribution in [0.15, 0.2) is 41.4 Å². The molecule has 0 unspecified atom stereocenters. The minimum absolute atomic E-state index is 0.101. The van der Waals surface area contributed by atoms with E-state index in [1.165, 1.54) is 29.1 Å². The molecule has 1 N–H and O–H groups in total. The van der Waals surface area contributed by atoms with E-state index < -0.39 is 20.2 Å². The first kappa shape index (κ1) is 15.4. The van der Waals surface area contributed by atoms with E-state index in [0.717, 1.165) is 6.07 Å². The third-order valence-electron chi connectivity index (χ3n) is 2.86. The number of aryl methyl sites for hydroxylation is 1. The van der Waals surface area contributed by atoms with Crippen molar-refractivity contribution in [2.45, 2.75) is 16.9 Å². The molecule has 0 aliphatic heterocycles. The summed E-state index contributed by atoms with van der Waals surface area (Å²) in [5.41, 5.74) is -4.73. The number of rotatable bonds is 4. The lowest BCUT2D eigenvalue weighted by atomic mass is 10.3. The monoisotopic (exact) mass is 319 g/mol. The van der Waals surface area contributed by atoms with Crippen LogP contribution in [0, 0.1) is 0 Å². The van der Waals surface area contributed by atoms with Crippen molar-refractivity contribution in [2.75, 3.05) is 5.32 Å². The molecule has 0 radical (unpaired) electrons. The van der Waals surface area contributed by atoms with E-state index in [-0.39, 0.29) is 12.2 Å². The van der Waals surface area contributed by atoms with Crippen LogP contribution in [0.25, 0.3) is 0 Å². The minimum atomic E-state index is -5.39. The van der Waals surface area contributed by atoms with E-state index in [4.69, 9.17) is 0 Å². The van der Waals surface area contributed by atoms with Gasteiger partial charge in [0, 0.05) is 13.2 Å². The van der Waals surface area contributed by atoms with Crippen LogP contribution in [-0.4, -0.2) is 23.7 Å². The average Bonchev–Trinajstić information content (AvgIpc) is 2.81. The molecule has 0 aliphatic carbocycles. The highest BCUT2D eigenvalue weighted by Gasteiger charge is 2.47. The smallest absolute Gasteiger partial charge is 0.378 e. The third-order valence-corrected chi connectivity index (χ3v) is 4.41. The molecule has 5 nitrogen and oxygen atoms in total. The molecule has 0 fully saturated rings. The van der Waals surface area contributed by atoms with Gasteiger partial charge in [-0.15, -0.1) is 0 Å². The lowest BCUT2D eigenvalue weighted by molar-refractivity contribution is -0.0435. The molecule has 114 valence electrons. The van der Waals surface area contributed by atoms with E-state index in [0.29, 0.717) is 5.69 Å². The largest absolute Gasteiger partial charge is 0.501 e. The van der Waals surface area contributed by atoms with Crippen LogP contribution in [0.1, 0.15) is 5.69 Å². The Labute approximate surface area is 119 Å². The molecular weight excluding hydrogens is 307 g/mol. The molecule has 0 bridgehead atoms. The van der Waals surface area contributed by atoms with Crippen LogP contribution in [0.3, 0.4) is 0 Å². The van der Waals surface area contributed by atoms with Crippen molar-refractivity contribution in [3.05, 3.63) is 42.2 Å². The van der Waals surface area contributed by atoms with Crippen molar-refractivity contribution < 1.29 is 21.6 Å². The molecule has 0 saturated heterocycles. The second-order valence-electron chi connectivity index (χ2n) is 4.25. The number of halogens is 3. The quantitative estimate of drug-likeness (QED) is 0.939. The Hall–Kier alpha value is -2.03. The summed E-state index contributed by atoms with van der Waals surface area (Å²) < 4.78 is 62.5. The molecule has 1 aromatic heterocycles. The van der Waals surface area contributed by atoms with Gasteiger partial charge in [0.2, 0.25) is 0 Å². The highest BCUT2D eigenvalue weighted by Crippen LogP contribution is 2.34. The van der Waals surface area contributed by atoms with Gasteiger partial charge in [-0.1, -0.05) is 12.1 Å². The zero-order chi connectivity index (χ0) is 15.7. The molecule has 0 amide bonds. The van der Waals surface area contributed by atoms with Gasteiger partial charge in [-0.05, 0) is 18.2 Å². The highest BCUT2D eigenvalue weighted by atomic mass is 32.2. The summed E-state index contributed by atoms with van der Waals surface area (Å²) in [5, 5.41) is 6.61. The fourth-order valence-electron chi connectivity index (χ4n) is 1.73. The van der Waals surface area contributed by atoms with Gasteiger partial charge < -0.3 is 5.32 Å². The summed E-state index contributed by atoms with van der Waals surface area (Å²) in [6.07, 6.45) is 1.54. The van der Waals surface area contributed by atoms with Gasteiger partial charge in [-0.2, -0.15) is 18.3 Å². The van der Waals surface area contributed by atoms with Crippen LogP contribution < -0.4 is 5.32 Å². The Morgan fingerprint density at radius 3 is 2.48 bits per heavy atom. The van der Waals surface area contributed by atoms with Gasteiger partial charge >= 0.3 is 5.51 Å². The van der Waals surface area contributed by atoms with E-state index in [1.807, 2.05) is 0 Å². The number of benzene rings is 1. The molecule has 0 aliphatic rings. The van der Waals surface area contributed by atoms with Crippen molar-refractivity contribution in [1.82, 2.24) is 9.78 Å². The molecular formula is C12H12F3N3O2S. The number of para-hydroxylation sites is 1. The van der Waals surface area contributed by atoms with E-state index in [1.54, 1.807) is 13.1 Å². The number of hydrogen-bond acceptors (Lipinski definition) is 4. The first-order valence-electron chi connectivity index (χ1n) is 5.84. The van der Waals surface area contributed by atoms with Gasteiger partial charge in [0.15, 0.2) is 0 Å². The SMILES string of the molecule is Cn1nccc1CNc1ccccc1S(=O)(=O)C(F)(F)F. The number of anilines is 1. The molecule has 21 heavy (non-hydrogen) atoms. The van der Waals surface area contributed by atoms with Crippen molar-refractivity contribution in [1.29, 1.82) is 0 Å². The average molecular weight is 319 g/mol. The Balaban J connectivity index is 2.32. The zero-order valence-electron chi connectivity index (χ0n) is 10.9. The van der Waals surface area contributed by atoms with E-state index in [9.17, 15) is 21.6 Å². The summed E-state index contributed by atoms with van der Waals surface area (Å²) in [5.74, 6) is 0. The predicted molar refractivity (Wildman–Crippen MR) is 70.2 cm³/mol. The van der Waals surface area contributed by atoms with Crippen LogP contribution in [0.5, 0.6) is 0 Å². The minimum Gasteiger partial charge on any atom is -0.378 e. The molecule has 2 aromatic rings. The van der Waals surface area contributed by atoms with E-state index in [2.05, 4.69) is 10.4 Å².